The number of thiazole rings is 1. The van der Waals surface area contributed by atoms with Crippen LogP contribution in [0.25, 0.3) is 10.6 Å². The fourth-order valence-electron chi connectivity index (χ4n) is 2.36. The predicted octanol–water partition coefficient (Wildman–Crippen LogP) is 4.38. The van der Waals surface area contributed by atoms with Crippen LogP contribution in [0.2, 0.25) is 0 Å². The van der Waals surface area contributed by atoms with E-state index in [-0.39, 0.29) is 17.1 Å². The van der Waals surface area contributed by atoms with Crippen LogP contribution < -0.4 is 14.8 Å². The van der Waals surface area contributed by atoms with Crippen molar-refractivity contribution in [3.63, 3.8) is 0 Å². The van der Waals surface area contributed by atoms with Crippen LogP contribution in [0.1, 0.15) is 16.1 Å². The Labute approximate surface area is 157 Å². The number of anilines is 1. The second-order valence-electron chi connectivity index (χ2n) is 5.35. The number of aryl methyl sites for hydroxylation is 1. The summed E-state index contributed by atoms with van der Waals surface area (Å²) >= 11 is 1.28. The molecule has 0 bridgehead atoms. The number of nitrogens with one attached hydrogen (secondary N) is 1. The molecule has 0 atom stereocenters. The summed E-state index contributed by atoms with van der Waals surface area (Å²) in [7, 11) is 1.32. The molecule has 6 nitrogen and oxygen atoms in total. The van der Waals surface area contributed by atoms with Gasteiger partial charge in [0.25, 0.3) is 5.91 Å². The highest BCUT2D eigenvalue weighted by Crippen LogP contribution is 2.33. The van der Waals surface area contributed by atoms with Gasteiger partial charge in [-0.15, -0.1) is 0 Å². The van der Waals surface area contributed by atoms with Gasteiger partial charge in [-0.2, -0.15) is 8.78 Å². The summed E-state index contributed by atoms with van der Waals surface area (Å²) in [5.74, 6) is -0.614. The summed E-state index contributed by atoms with van der Waals surface area (Å²) < 4.78 is 34.4. The maximum atomic E-state index is 12.5. The van der Waals surface area contributed by atoms with Crippen molar-refractivity contribution in [2.75, 3.05) is 12.4 Å². The van der Waals surface area contributed by atoms with Gasteiger partial charge in [-0.3, -0.25) is 15.1 Å². The molecular formula is C18H15F2N3O3S. The maximum absolute atomic E-state index is 12.5. The summed E-state index contributed by atoms with van der Waals surface area (Å²) in [5, 5.41) is 3.04. The summed E-state index contributed by atoms with van der Waals surface area (Å²) in [4.78, 5) is 21.9. The zero-order valence-electron chi connectivity index (χ0n) is 14.4. The van der Waals surface area contributed by atoms with Gasteiger partial charge in [0.1, 0.15) is 0 Å². The average molecular weight is 391 g/mol. The summed E-state index contributed by atoms with van der Waals surface area (Å²) in [6.45, 7) is -1.21. The molecule has 0 saturated carbocycles. The van der Waals surface area contributed by atoms with E-state index >= 15 is 0 Å². The number of hydrogen-bond acceptors (Lipinski definition) is 6. The number of carbonyl (C=O) groups excluding carboxylic acids is 1. The molecule has 0 fully saturated rings. The van der Waals surface area contributed by atoms with Gasteiger partial charge in [-0.25, -0.2) is 4.98 Å². The zero-order valence-corrected chi connectivity index (χ0v) is 15.2. The number of halogens is 2. The number of methoxy groups -OCH3 is 1. The molecule has 0 aliphatic rings. The lowest BCUT2D eigenvalue weighted by Crippen LogP contribution is -2.12. The molecular weight excluding hydrogens is 376 g/mol. The molecule has 3 rings (SSSR count). The molecule has 140 valence electrons. The van der Waals surface area contributed by atoms with Crippen LogP contribution in [-0.4, -0.2) is 29.6 Å². The molecule has 1 N–H and O–H groups in total. The third-order valence-corrected chi connectivity index (χ3v) is 4.65. The van der Waals surface area contributed by atoms with Crippen molar-refractivity contribution in [2.24, 2.45) is 0 Å². The Kier molecular flexibility index (Phi) is 5.60. The van der Waals surface area contributed by atoms with Crippen LogP contribution in [0, 0.1) is 6.92 Å². The highest BCUT2D eigenvalue weighted by atomic mass is 32.1. The Morgan fingerprint density at radius 1 is 1.22 bits per heavy atom. The number of hydrogen-bond donors (Lipinski definition) is 1. The number of rotatable bonds is 6. The molecule has 9 heteroatoms. The molecule has 3 aromatic rings. The first-order chi connectivity index (χ1) is 13.0. The van der Waals surface area contributed by atoms with Crippen LogP contribution in [0.5, 0.6) is 11.5 Å². The van der Waals surface area contributed by atoms with E-state index in [2.05, 4.69) is 20.0 Å². The van der Waals surface area contributed by atoms with Gasteiger partial charge in [0.2, 0.25) is 0 Å². The molecule has 2 heterocycles. The fraction of sp³-hybridized carbons (Fsp3) is 0.167. The van der Waals surface area contributed by atoms with E-state index in [1.807, 2.05) is 25.1 Å². The standard InChI is InChI=1S/C18H15F2N3O3S/c1-10-15(12-5-3-4-8-21-12)27-18(22-10)23-16(24)11-6-7-13(25-2)14(9-11)26-17(19)20/h3-9,17H,1-2H3,(H,22,23,24). The highest BCUT2D eigenvalue weighted by molar-refractivity contribution is 7.19. The van der Waals surface area contributed by atoms with E-state index in [1.54, 1.807) is 6.20 Å². The van der Waals surface area contributed by atoms with E-state index in [0.717, 1.165) is 16.3 Å². The van der Waals surface area contributed by atoms with Crippen molar-refractivity contribution in [3.05, 3.63) is 53.9 Å². The largest absolute Gasteiger partial charge is 0.493 e. The van der Waals surface area contributed by atoms with Gasteiger partial charge in [-0.05, 0) is 37.3 Å². The normalized spacial score (nSPS) is 10.7. The summed E-state index contributed by atoms with van der Waals surface area (Å²) in [6, 6.07) is 9.56. The van der Waals surface area contributed by atoms with Crippen LogP contribution in [0.4, 0.5) is 13.9 Å². The topological polar surface area (TPSA) is 73.3 Å². The van der Waals surface area contributed by atoms with Crippen molar-refractivity contribution < 1.29 is 23.0 Å². The molecule has 27 heavy (non-hydrogen) atoms. The van der Waals surface area contributed by atoms with E-state index < -0.39 is 12.5 Å². The number of amides is 1. The van der Waals surface area contributed by atoms with E-state index in [0.29, 0.717) is 5.13 Å². The predicted molar refractivity (Wildman–Crippen MR) is 97.7 cm³/mol. The van der Waals surface area contributed by atoms with Crippen molar-refractivity contribution in [1.29, 1.82) is 0 Å². The number of pyridine rings is 1. The quantitative estimate of drug-likeness (QED) is 0.675. The molecule has 1 aromatic carbocycles. The molecule has 2 aromatic heterocycles. The lowest BCUT2D eigenvalue weighted by atomic mass is 10.2. The van der Waals surface area contributed by atoms with Gasteiger partial charge in [-0.1, -0.05) is 17.4 Å². The zero-order chi connectivity index (χ0) is 19.4. The SMILES string of the molecule is COc1ccc(C(=O)Nc2nc(C)c(-c3ccccn3)s2)cc1OC(F)F. The van der Waals surface area contributed by atoms with Gasteiger partial charge < -0.3 is 9.47 Å². The minimum absolute atomic E-state index is 0.106. The highest BCUT2D eigenvalue weighted by Gasteiger charge is 2.17. The van der Waals surface area contributed by atoms with Crippen LogP contribution in [0.3, 0.4) is 0 Å². The molecule has 0 spiro atoms. The first-order valence-electron chi connectivity index (χ1n) is 7.81. The molecule has 0 aliphatic heterocycles. The minimum atomic E-state index is -3.03. The Bertz CT molecular complexity index is 948. The lowest BCUT2D eigenvalue weighted by Gasteiger charge is -2.11. The molecule has 0 unspecified atom stereocenters. The second-order valence-corrected chi connectivity index (χ2v) is 6.35. The van der Waals surface area contributed by atoms with Crippen molar-refractivity contribution in [3.8, 4) is 22.1 Å². The molecule has 1 amide bonds. The van der Waals surface area contributed by atoms with Gasteiger partial charge in [0.05, 0.1) is 23.4 Å². The van der Waals surface area contributed by atoms with Crippen LogP contribution in [-0.2, 0) is 0 Å². The fourth-order valence-corrected chi connectivity index (χ4v) is 3.30. The van der Waals surface area contributed by atoms with Crippen molar-refractivity contribution >= 4 is 22.4 Å². The third kappa shape index (κ3) is 4.37. The molecule has 0 aliphatic carbocycles. The number of carbonyl (C=O) groups is 1. The third-order valence-electron chi connectivity index (χ3n) is 3.56. The summed E-state index contributed by atoms with van der Waals surface area (Å²) in [6.07, 6.45) is 1.68. The van der Waals surface area contributed by atoms with Crippen LogP contribution >= 0.6 is 11.3 Å². The maximum Gasteiger partial charge on any atom is 0.387 e. The smallest absolute Gasteiger partial charge is 0.387 e. The first-order valence-corrected chi connectivity index (χ1v) is 8.62. The number of ether oxygens (including phenoxy) is 2. The van der Waals surface area contributed by atoms with Gasteiger partial charge >= 0.3 is 6.61 Å². The number of nitrogens with zero attached hydrogens (tertiary/aromatic N) is 2. The van der Waals surface area contributed by atoms with E-state index in [4.69, 9.17) is 4.74 Å². The van der Waals surface area contributed by atoms with Crippen molar-refractivity contribution in [2.45, 2.75) is 13.5 Å². The van der Waals surface area contributed by atoms with Crippen LogP contribution in [0.15, 0.2) is 42.6 Å². The Morgan fingerprint density at radius 3 is 2.70 bits per heavy atom. The minimum Gasteiger partial charge on any atom is -0.493 e. The second kappa shape index (κ2) is 8.09. The average Bonchev–Trinajstić information content (AvgIpc) is 3.02. The van der Waals surface area contributed by atoms with Gasteiger partial charge in [0, 0.05) is 11.8 Å². The Hall–Kier alpha value is -3.07. The lowest BCUT2D eigenvalue weighted by molar-refractivity contribution is -0.0512. The van der Waals surface area contributed by atoms with Crippen molar-refractivity contribution in [1.82, 2.24) is 9.97 Å². The molecule has 0 saturated heterocycles. The van der Waals surface area contributed by atoms with Gasteiger partial charge in [0.15, 0.2) is 16.6 Å². The number of benzene rings is 1. The Morgan fingerprint density at radius 2 is 2.04 bits per heavy atom. The number of alkyl halides is 2. The first kappa shape index (κ1) is 18.7. The van der Waals surface area contributed by atoms with E-state index in [9.17, 15) is 13.6 Å². The summed E-state index contributed by atoms with van der Waals surface area (Å²) in [5.41, 5.74) is 1.62. The monoisotopic (exact) mass is 391 g/mol. The Balaban J connectivity index is 1.82. The van der Waals surface area contributed by atoms with E-state index in [1.165, 1.54) is 36.6 Å². The molecule has 0 radical (unpaired) electrons. The number of aromatic nitrogens is 2.